The van der Waals surface area contributed by atoms with E-state index >= 15 is 0 Å². The number of benzene rings is 1. The molecule has 2 N–H and O–H groups in total. The maximum Gasteiger partial charge on any atom is 0.218 e. The minimum Gasteiger partial charge on any atom is -0.399 e. The number of likely N-dealkylation sites (N-methyl/N-ethyl adjacent to an activating group) is 1. The third-order valence-corrected chi connectivity index (χ3v) is 5.34. The molecule has 1 saturated heterocycles. The molecule has 6 heteroatoms. The van der Waals surface area contributed by atoms with Crippen LogP contribution in [0.3, 0.4) is 0 Å². The van der Waals surface area contributed by atoms with Crippen LogP contribution in [0.25, 0.3) is 0 Å². The smallest absolute Gasteiger partial charge is 0.218 e. The van der Waals surface area contributed by atoms with Gasteiger partial charge in [-0.2, -0.15) is 0 Å². The second-order valence-electron chi connectivity index (χ2n) is 5.27. The normalized spacial score (nSPS) is 20.2. The minimum atomic E-state index is -3.31. The summed E-state index contributed by atoms with van der Waals surface area (Å²) in [7, 11) is -1.70. The highest BCUT2D eigenvalue weighted by Crippen LogP contribution is 2.17. The Morgan fingerprint density at radius 3 is 2.60 bits per heavy atom. The molecule has 1 aliphatic rings. The fourth-order valence-electron chi connectivity index (χ4n) is 2.29. The second kappa shape index (κ2) is 6.56. The van der Waals surface area contributed by atoms with E-state index in [1.807, 2.05) is 0 Å². The van der Waals surface area contributed by atoms with Gasteiger partial charge in [-0.15, -0.1) is 0 Å². The molecule has 1 aromatic carbocycles. The van der Waals surface area contributed by atoms with Crippen molar-refractivity contribution in [1.82, 2.24) is 4.31 Å². The van der Waals surface area contributed by atoms with Gasteiger partial charge in [0.2, 0.25) is 10.0 Å². The molecule has 0 saturated carbocycles. The first kappa shape index (κ1) is 15.3. The number of ether oxygens (including phenoxy) is 1. The molecule has 1 atom stereocenters. The van der Waals surface area contributed by atoms with E-state index in [9.17, 15) is 8.42 Å². The summed E-state index contributed by atoms with van der Waals surface area (Å²) in [4.78, 5) is 0. The molecular formula is C14H22N2O3S. The maximum absolute atomic E-state index is 12.3. The molecule has 0 radical (unpaired) electrons. The van der Waals surface area contributed by atoms with Crippen LogP contribution >= 0.6 is 0 Å². The monoisotopic (exact) mass is 298 g/mol. The van der Waals surface area contributed by atoms with E-state index in [1.54, 1.807) is 31.3 Å². The lowest BCUT2D eigenvalue weighted by Gasteiger charge is -2.27. The van der Waals surface area contributed by atoms with E-state index in [1.165, 1.54) is 4.31 Å². The van der Waals surface area contributed by atoms with Crippen molar-refractivity contribution in [3.05, 3.63) is 29.8 Å². The molecule has 1 aliphatic heterocycles. The Morgan fingerprint density at radius 1 is 1.30 bits per heavy atom. The molecular weight excluding hydrogens is 276 g/mol. The fourth-order valence-corrected chi connectivity index (χ4v) is 3.51. The highest BCUT2D eigenvalue weighted by molar-refractivity contribution is 7.88. The molecule has 20 heavy (non-hydrogen) atoms. The Bertz CT molecular complexity index is 522. The molecule has 1 heterocycles. The molecule has 5 nitrogen and oxygen atoms in total. The van der Waals surface area contributed by atoms with E-state index in [2.05, 4.69) is 0 Å². The summed E-state index contributed by atoms with van der Waals surface area (Å²) in [5.74, 6) is -0.00347. The molecule has 1 aromatic rings. The van der Waals surface area contributed by atoms with Crippen LogP contribution in [0.1, 0.15) is 24.8 Å². The lowest BCUT2D eigenvalue weighted by Crippen LogP contribution is -2.37. The lowest BCUT2D eigenvalue weighted by molar-refractivity contribution is 0.00857. The second-order valence-corrected chi connectivity index (χ2v) is 7.34. The summed E-state index contributed by atoms with van der Waals surface area (Å²) >= 11 is 0. The largest absolute Gasteiger partial charge is 0.399 e. The minimum absolute atomic E-state index is 0.00347. The highest BCUT2D eigenvalue weighted by atomic mass is 32.2. The van der Waals surface area contributed by atoms with Gasteiger partial charge in [0.05, 0.1) is 11.9 Å². The molecule has 1 fully saturated rings. The van der Waals surface area contributed by atoms with Gasteiger partial charge in [0.25, 0.3) is 0 Å². The van der Waals surface area contributed by atoms with Gasteiger partial charge >= 0.3 is 0 Å². The van der Waals surface area contributed by atoms with Crippen molar-refractivity contribution < 1.29 is 13.2 Å². The Kier molecular flexibility index (Phi) is 5.01. The average Bonchev–Trinajstić information content (AvgIpc) is 2.42. The van der Waals surface area contributed by atoms with Gasteiger partial charge in [0, 0.05) is 25.9 Å². The van der Waals surface area contributed by atoms with E-state index < -0.39 is 10.0 Å². The molecule has 0 bridgehead atoms. The molecule has 2 rings (SSSR count). The summed E-state index contributed by atoms with van der Waals surface area (Å²) < 4.78 is 31.6. The summed E-state index contributed by atoms with van der Waals surface area (Å²) in [5, 5.41) is 0. The van der Waals surface area contributed by atoms with E-state index in [-0.39, 0.29) is 11.9 Å². The number of rotatable bonds is 5. The van der Waals surface area contributed by atoms with Crippen LogP contribution in [-0.4, -0.2) is 39.0 Å². The number of anilines is 1. The van der Waals surface area contributed by atoms with E-state index in [0.717, 1.165) is 31.4 Å². The van der Waals surface area contributed by atoms with Crippen molar-refractivity contribution in [1.29, 1.82) is 0 Å². The van der Waals surface area contributed by atoms with Crippen LogP contribution in [0.5, 0.6) is 0 Å². The molecule has 112 valence electrons. The van der Waals surface area contributed by atoms with Gasteiger partial charge in [-0.1, -0.05) is 12.1 Å². The van der Waals surface area contributed by atoms with Crippen molar-refractivity contribution in [3.8, 4) is 0 Å². The van der Waals surface area contributed by atoms with Crippen LogP contribution in [-0.2, 0) is 20.5 Å². The van der Waals surface area contributed by atoms with Crippen molar-refractivity contribution >= 4 is 15.7 Å². The van der Waals surface area contributed by atoms with Crippen molar-refractivity contribution in [2.24, 2.45) is 0 Å². The van der Waals surface area contributed by atoms with Crippen molar-refractivity contribution in [3.63, 3.8) is 0 Å². The van der Waals surface area contributed by atoms with E-state index in [0.29, 0.717) is 12.2 Å². The van der Waals surface area contributed by atoms with Gasteiger partial charge in [-0.25, -0.2) is 12.7 Å². The van der Waals surface area contributed by atoms with E-state index in [4.69, 9.17) is 10.5 Å². The molecule has 1 unspecified atom stereocenters. The number of nitrogen functional groups attached to an aromatic ring is 1. The van der Waals surface area contributed by atoms with Crippen LogP contribution in [0, 0.1) is 0 Å². The summed E-state index contributed by atoms with van der Waals surface area (Å²) in [5.41, 5.74) is 6.98. The predicted octanol–water partition coefficient (Wildman–Crippen LogP) is 1.60. The number of nitrogens with zero attached hydrogens (tertiary/aromatic N) is 1. The SMILES string of the molecule is CN(CC1CCCCO1)S(=O)(=O)Cc1ccc(N)cc1. The quantitative estimate of drug-likeness (QED) is 0.838. The molecule has 0 aliphatic carbocycles. The number of sulfonamides is 1. The van der Waals surface area contributed by atoms with Gasteiger partial charge in [-0.05, 0) is 37.0 Å². The van der Waals surface area contributed by atoms with Crippen molar-refractivity contribution in [2.45, 2.75) is 31.1 Å². The van der Waals surface area contributed by atoms with Crippen LogP contribution in [0.4, 0.5) is 5.69 Å². The summed E-state index contributed by atoms with van der Waals surface area (Å²) in [6.07, 6.45) is 3.13. The van der Waals surface area contributed by atoms with Crippen LogP contribution in [0.15, 0.2) is 24.3 Å². The maximum atomic E-state index is 12.3. The fraction of sp³-hybridized carbons (Fsp3) is 0.571. The van der Waals surface area contributed by atoms with Crippen molar-refractivity contribution in [2.75, 3.05) is 25.9 Å². The average molecular weight is 298 g/mol. The number of hydrogen-bond acceptors (Lipinski definition) is 4. The van der Waals surface area contributed by atoms with Gasteiger partial charge in [0.1, 0.15) is 0 Å². The highest BCUT2D eigenvalue weighted by Gasteiger charge is 2.23. The predicted molar refractivity (Wildman–Crippen MR) is 79.7 cm³/mol. The first-order chi connectivity index (χ1) is 9.47. The van der Waals surface area contributed by atoms with Gasteiger partial charge in [0.15, 0.2) is 0 Å². The topological polar surface area (TPSA) is 72.6 Å². The molecule has 0 amide bonds. The number of nitrogens with two attached hydrogens (primary N) is 1. The Morgan fingerprint density at radius 2 is 2.00 bits per heavy atom. The zero-order chi connectivity index (χ0) is 14.6. The van der Waals surface area contributed by atoms with Gasteiger partial charge < -0.3 is 10.5 Å². The molecule has 0 spiro atoms. The van der Waals surface area contributed by atoms with Gasteiger partial charge in [-0.3, -0.25) is 0 Å². The van der Waals surface area contributed by atoms with Crippen LogP contribution in [0.2, 0.25) is 0 Å². The zero-order valence-electron chi connectivity index (χ0n) is 11.8. The Balaban J connectivity index is 1.96. The summed E-state index contributed by atoms with van der Waals surface area (Å²) in [6, 6.07) is 6.93. The summed E-state index contributed by atoms with van der Waals surface area (Å²) in [6.45, 7) is 1.16. The first-order valence-corrected chi connectivity index (χ1v) is 8.48. The Hall–Kier alpha value is -1.11. The standard InChI is InChI=1S/C14H22N2O3S/c1-16(10-14-4-2-3-9-19-14)20(17,18)11-12-5-7-13(15)8-6-12/h5-8,14H,2-4,9-11,15H2,1H3. The third kappa shape index (κ3) is 4.19. The Labute approximate surface area is 120 Å². The zero-order valence-corrected chi connectivity index (χ0v) is 12.6. The first-order valence-electron chi connectivity index (χ1n) is 6.87. The number of hydrogen-bond donors (Lipinski definition) is 1. The third-order valence-electron chi connectivity index (χ3n) is 3.54. The van der Waals surface area contributed by atoms with Crippen LogP contribution < -0.4 is 5.73 Å². The lowest BCUT2D eigenvalue weighted by atomic mass is 10.1. The molecule has 0 aromatic heterocycles.